The maximum atomic E-state index is 12.2. The molecule has 0 fully saturated rings. The van der Waals surface area contributed by atoms with Crippen LogP contribution in [0.4, 0.5) is 5.69 Å². The van der Waals surface area contributed by atoms with E-state index in [0.717, 1.165) is 5.56 Å². The van der Waals surface area contributed by atoms with Crippen LogP contribution in [0.1, 0.15) is 18.9 Å². The normalized spacial score (nSPS) is 10.9. The number of hydrogen-bond acceptors (Lipinski definition) is 6. The molecule has 0 aliphatic carbocycles. The van der Waals surface area contributed by atoms with Gasteiger partial charge < -0.3 is 14.8 Å². The largest absolute Gasteiger partial charge is 0.497 e. The van der Waals surface area contributed by atoms with Gasteiger partial charge in [0.25, 0.3) is 0 Å². The van der Waals surface area contributed by atoms with Crippen molar-refractivity contribution in [1.29, 1.82) is 0 Å². The maximum absolute atomic E-state index is 12.2. The number of sulfonamides is 1. The van der Waals surface area contributed by atoms with Crippen LogP contribution in [0.5, 0.6) is 5.75 Å². The van der Waals surface area contributed by atoms with Gasteiger partial charge in [0.15, 0.2) is 0 Å². The standard InChI is InChI=1S/C19H22N2O6S/c1-14(22)21-16-6-8-18(9-7-16)28(24,25)20-11-10-19(23)27-13-15-4-3-5-17(12-15)26-2/h3-9,12,20H,10-11,13H2,1-2H3,(H,21,22). The van der Waals surface area contributed by atoms with E-state index in [1.165, 1.54) is 31.2 Å². The summed E-state index contributed by atoms with van der Waals surface area (Å²) in [5, 5.41) is 2.55. The van der Waals surface area contributed by atoms with Gasteiger partial charge in [0, 0.05) is 19.2 Å². The molecule has 9 heteroatoms. The van der Waals surface area contributed by atoms with Gasteiger partial charge in [0.05, 0.1) is 18.4 Å². The predicted molar refractivity (Wildman–Crippen MR) is 103 cm³/mol. The lowest BCUT2D eigenvalue weighted by Gasteiger charge is -2.09. The second-order valence-electron chi connectivity index (χ2n) is 5.87. The molecular formula is C19H22N2O6S. The molecule has 0 saturated carbocycles. The number of rotatable bonds is 9. The Morgan fingerprint density at radius 3 is 2.43 bits per heavy atom. The van der Waals surface area contributed by atoms with Crippen LogP contribution in [-0.2, 0) is 31.0 Å². The van der Waals surface area contributed by atoms with Crippen LogP contribution < -0.4 is 14.8 Å². The van der Waals surface area contributed by atoms with Gasteiger partial charge >= 0.3 is 5.97 Å². The fourth-order valence-electron chi connectivity index (χ4n) is 2.29. The van der Waals surface area contributed by atoms with E-state index in [1.807, 2.05) is 0 Å². The van der Waals surface area contributed by atoms with Gasteiger partial charge in [0.2, 0.25) is 15.9 Å². The van der Waals surface area contributed by atoms with E-state index in [-0.39, 0.29) is 30.4 Å². The molecule has 0 radical (unpaired) electrons. The molecule has 0 spiro atoms. The first kappa shape index (κ1) is 21.4. The number of nitrogens with one attached hydrogen (secondary N) is 2. The zero-order valence-corrected chi connectivity index (χ0v) is 16.4. The van der Waals surface area contributed by atoms with Crippen molar-refractivity contribution in [3.63, 3.8) is 0 Å². The minimum atomic E-state index is -3.76. The van der Waals surface area contributed by atoms with Gasteiger partial charge in [-0.1, -0.05) is 12.1 Å². The van der Waals surface area contributed by atoms with Crippen molar-refractivity contribution in [3.05, 3.63) is 54.1 Å². The number of methoxy groups -OCH3 is 1. The van der Waals surface area contributed by atoms with Crippen LogP contribution in [0.3, 0.4) is 0 Å². The third-order valence-corrected chi connectivity index (χ3v) is 5.12. The second kappa shape index (κ2) is 9.86. The molecule has 0 unspecified atom stereocenters. The minimum absolute atomic E-state index is 0.0337. The first-order valence-corrected chi connectivity index (χ1v) is 9.94. The molecule has 2 N–H and O–H groups in total. The van der Waals surface area contributed by atoms with Crippen molar-refractivity contribution in [2.24, 2.45) is 0 Å². The first-order valence-electron chi connectivity index (χ1n) is 8.46. The van der Waals surface area contributed by atoms with Gasteiger partial charge in [-0.25, -0.2) is 13.1 Å². The van der Waals surface area contributed by atoms with Crippen molar-refractivity contribution in [3.8, 4) is 5.75 Å². The van der Waals surface area contributed by atoms with Crippen LogP contribution in [0.2, 0.25) is 0 Å². The summed E-state index contributed by atoms with van der Waals surface area (Å²) in [4.78, 5) is 22.8. The highest BCUT2D eigenvalue weighted by molar-refractivity contribution is 7.89. The van der Waals surface area contributed by atoms with Crippen LogP contribution in [0.15, 0.2) is 53.4 Å². The summed E-state index contributed by atoms with van der Waals surface area (Å²) >= 11 is 0. The summed E-state index contributed by atoms with van der Waals surface area (Å²) in [6.45, 7) is 1.35. The molecule has 0 aromatic heterocycles. The number of esters is 1. The summed E-state index contributed by atoms with van der Waals surface area (Å²) in [5.74, 6) is -0.112. The topological polar surface area (TPSA) is 111 Å². The number of ether oxygens (including phenoxy) is 2. The highest BCUT2D eigenvalue weighted by Gasteiger charge is 2.14. The highest BCUT2D eigenvalue weighted by Crippen LogP contribution is 2.15. The Morgan fingerprint density at radius 1 is 1.07 bits per heavy atom. The number of carbonyl (C=O) groups is 2. The van der Waals surface area contributed by atoms with Crippen LogP contribution in [0, 0.1) is 0 Å². The average Bonchev–Trinajstić information content (AvgIpc) is 2.66. The molecule has 0 heterocycles. The zero-order valence-electron chi connectivity index (χ0n) is 15.6. The predicted octanol–water partition coefficient (Wildman–Crippen LogP) is 2.07. The highest BCUT2D eigenvalue weighted by atomic mass is 32.2. The fraction of sp³-hybridized carbons (Fsp3) is 0.263. The Hall–Kier alpha value is -2.91. The summed E-state index contributed by atoms with van der Waals surface area (Å²) < 4.78 is 37.0. The van der Waals surface area contributed by atoms with E-state index < -0.39 is 16.0 Å². The Morgan fingerprint density at radius 2 is 1.79 bits per heavy atom. The first-order chi connectivity index (χ1) is 13.3. The van der Waals surface area contributed by atoms with Crippen molar-refractivity contribution >= 4 is 27.6 Å². The van der Waals surface area contributed by atoms with Gasteiger partial charge in [-0.05, 0) is 42.0 Å². The van der Waals surface area contributed by atoms with E-state index in [9.17, 15) is 18.0 Å². The molecule has 2 rings (SSSR count). The summed E-state index contributed by atoms with van der Waals surface area (Å²) in [7, 11) is -2.22. The maximum Gasteiger partial charge on any atom is 0.307 e. The van der Waals surface area contributed by atoms with E-state index in [2.05, 4.69) is 10.0 Å². The molecule has 2 aromatic rings. The van der Waals surface area contributed by atoms with E-state index in [4.69, 9.17) is 9.47 Å². The van der Waals surface area contributed by atoms with Crippen LogP contribution in [-0.4, -0.2) is 33.9 Å². The number of carbonyl (C=O) groups excluding carboxylic acids is 2. The Kier molecular flexibility index (Phi) is 7.53. The number of benzene rings is 2. The third-order valence-electron chi connectivity index (χ3n) is 3.64. The monoisotopic (exact) mass is 406 g/mol. The Bertz CT molecular complexity index is 926. The van der Waals surface area contributed by atoms with Crippen molar-refractivity contribution in [2.45, 2.75) is 24.8 Å². The van der Waals surface area contributed by atoms with Crippen molar-refractivity contribution < 1.29 is 27.5 Å². The minimum Gasteiger partial charge on any atom is -0.497 e. The zero-order chi connectivity index (χ0) is 20.6. The summed E-state index contributed by atoms with van der Waals surface area (Å²) in [5.41, 5.74) is 1.26. The van der Waals surface area contributed by atoms with E-state index in [0.29, 0.717) is 11.4 Å². The lowest BCUT2D eigenvalue weighted by Crippen LogP contribution is -2.26. The lowest BCUT2D eigenvalue weighted by atomic mass is 10.2. The van der Waals surface area contributed by atoms with Gasteiger partial charge in [-0.15, -0.1) is 0 Å². The van der Waals surface area contributed by atoms with Gasteiger partial charge in [-0.3, -0.25) is 9.59 Å². The molecule has 0 saturated heterocycles. The Labute approximate surface area is 163 Å². The van der Waals surface area contributed by atoms with Crippen molar-refractivity contribution in [1.82, 2.24) is 4.72 Å². The fourth-order valence-corrected chi connectivity index (χ4v) is 3.32. The molecule has 0 atom stereocenters. The molecule has 0 aliphatic rings. The second-order valence-corrected chi connectivity index (χ2v) is 7.63. The molecule has 2 aromatic carbocycles. The molecule has 1 amide bonds. The van der Waals surface area contributed by atoms with Crippen LogP contribution in [0.25, 0.3) is 0 Å². The smallest absolute Gasteiger partial charge is 0.307 e. The molecule has 0 aliphatic heterocycles. The molecular weight excluding hydrogens is 384 g/mol. The van der Waals surface area contributed by atoms with Gasteiger partial charge in [0.1, 0.15) is 12.4 Å². The van der Waals surface area contributed by atoms with Crippen LogP contribution >= 0.6 is 0 Å². The summed E-state index contributed by atoms with van der Waals surface area (Å²) in [6.07, 6.45) is -0.104. The SMILES string of the molecule is COc1cccc(COC(=O)CCNS(=O)(=O)c2ccc(NC(C)=O)cc2)c1. The quantitative estimate of drug-likeness (QED) is 0.617. The number of amides is 1. The number of anilines is 1. The molecule has 150 valence electrons. The molecule has 8 nitrogen and oxygen atoms in total. The Balaban J connectivity index is 1.80. The summed E-state index contributed by atoms with van der Waals surface area (Å²) in [6, 6.07) is 12.8. The molecule has 0 bridgehead atoms. The molecule has 28 heavy (non-hydrogen) atoms. The number of hydrogen-bond donors (Lipinski definition) is 2. The van der Waals surface area contributed by atoms with E-state index >= 15 is 0 Å². The third kappa shape index (κ3) is 6.67. The van der Waals surface area contributed by atoms with Crippen molar-refractivity contribution in [2.75, 3.05) is 19.0 Å². The van der Waals surface area contributed by atoms with E-state index in [1.54, 1.807) is 31.4 Å². The average molecular weight is 406 g/mol. The van der Waals surface area contributed by atoms with Gasteiger partial charge in [-0.2, -0.15) is 0 Å². The lowest BCUT2D eigenvalue weighted by molar-refractivity contribution is -0.144.